The summed E-state index contributed by atoms with van der Waals surface area (Å²) in [5, 5.41) is 11.2. The number of anilines is 1. The molecule has 0 unspecified atom stereocenters. The topological polar surface area (TPSA) is 113 Å². The molecule has 27 heavy (non-hydrogen) atoms. The second-order valence-electron chi connectivity index (χ2n) is 6.18. The van der Waals surface area contributed by atoms with Gasteiger partial charge in [0.15, 0.2) is 0 Å². The van der Waals surface area contributed by atoms with E-state index in [-0.39, 0.29) is 23.8 Å². The molecule has 0 atom stereocenters. The molecule has 0 saturated heterocycles. The van der Waals surface area contributed by atoms with Gasteiger partial charge in [-0.3, -0.25) is 14.3 Å². The Labute approximate surface area is 158 Å². The highest BCUT2D eigenvalue weighted by atomic mass is 32.2. The summed E-state index contributed by atoms with van der Waals surface area (Å²) in [4.78, 5) is 22.6. The quantitative estimate of drug-likeness (QED) is 0.600. The molecule has 0 heterocycles. The maximum Gasteiger partial charge on any atom is 0.303 e. The molecule has 8 heteroatoms. The van der Waals surface area contributed by atoms with Gasteiger partial charge >= 0.3 is 5.97 Å². The van der Waals surface area contributed by atoms with E-state index >= 15 is 0 Å². The number of aryl methyl sites for hydroxylation is 2. The monoisotopic (exact) mass is 390 g/mol. The lowest BCUT2D eigenvalue weighted by molar-refractivity contribution is -0.137. The van der Waals surface area contributed by atoms with Gasteiger partial charge in [-0.25, -0.2) is 8.42 Å². The van der Waals surface area contributed by atoms with Gasteiger partial charge in [-0.05, 0) is 67.8 Å². The second kappa shape index (κ2) is 8.68. The van der Waals surface area contributed by atoms with Crippen LogP contribution in [0, 0.1) is 13.8 Å². The average molecular weight is 390 g/mol. The standard InChI is InChI=1S/C19H22N2O5S/c1-13-5-10-17(12-14(13)2)27(25,26)21-16-8-6-15(7-9-16)19(24)20-11-3-4-18(22)23/h5-10,12,21H,3-4,11H2,1-2H3,(H,20,24)(H,22,23). The number of carboxylic acid groups (broad SMARTS) is 1. The molecule has 0 aliphatic carbocycles. The summed E-state index contributed by atoms with van der Waals surface area (Å²) >= 11 is 0. The lowest BCUT2D eigenvalue weighted by Crippen LogP contribution is -2.24. The van der Waals surface area contributed by atoms with Crippen LogP contribution >= 0.6 is 0 Å². The minimum absolute atomic E-state index is 0.0144. The molecule has 0 bridgehead atoms. The summed E-state index contributed by atoms with van der Waals surface area (Å²) in [5.41, 5.74) is 2.59. The molecule has 0 saturated carbocycles. The molecule has 2 aromatic rings. The summed E-state index contributed by atoms with van der Waals surface area (Å²) < 4.78 is 27.4. The van der Waals surface area contributed by atoms with E-state index in [0.29, 0.717) is 17.7 Å². The van der Waals surface area contributed by atoms with Crippen molar-refractivity contribution in [2.75, 3.05) is 11.3 Å². The molecule has 0 aliphatic heterocycles. The van der Waals surface area contributed by atoms with E-state index < -0.39 is 16.0 Å². The van der Waals surface area contributed by atoms with Crippen molar-refractivity contribution in [1.29, 1.82) is 0 Å². The van der Waals surface area contributed by atoms with Crippen molar-refractivity contribution in [3.8, 4) is 0 Å². The van der Waals surface area contributed by atoms with E-state index in [0.717, 1.165) is 11.1 Å². The lowest BCUT2D eigenvalue weighted by Gasteiger charge is -2.10. The third kappa shape index (κ3) is 5.82. The Balaban J connectivity index is 2.01. The van der Waals surface area contributed by atoms with Crippen LogP contribution in [-0.2, 0) is 14.8 Å². The number of sulfonamides is 1. The minimum Gasteiger partial charge on any atom is -0.481 e. The smallest absolute Gasteiger partial charge is 0.303 e. The molecule has 0 aliphatic rings. The van der Waals surface area contributed by atoms with Crippen LogP contribution in [0.4, 0.5) is 5.69 Å². The highest BCUT2D eigenvalue weighted by molar-refractivity contribution is 7.92. The average Bonchev–Trinajstić information content (AvgIpc) is 2.61. The number of nitrogens with one attached hydrogen (secondary N) is 2. The molecule has 0 fully saturated rings. The van der Waals surface area contributed by atoms with Crippen molar-refractivity contribution in [1.82, 2.24) is 5.32 Å². The predicted octanol–water partition coefficient (Wildman–Crippen LogP) is 2.70. The summed E-state index contributed by atoms with van der Waals surface area (Å²) in [6, 6.07) is 10.9. The minimum atomic E-state index is -3.72. The molecule has 2 rings (SSSR count). The van der Waals surface area contributed by atoms with Gasteiger partial charge in [0.25, 0.3) is 15.9 Å². The number of carbonyl (C=O) groups excluding carboxylic acids is 1. The van der Waals surface area contributed by atoms with E-state index in [2.05, 4.69) is 10.0 Å². The number of hydrogen-bond acceptors (Lipinski definition) is 4. The van der Waals surface area contributed by atoms with Gasteiger partial charge in [-0.2, -0.15) is 0 Å². The van der Waals surface area contributed by atoms with E-state index in [1.54, 1.807) is 18.2 Å². The highest BCUT2D eigenvalue weighted by Gasteiger charge is 2.15. The van der Waals surface area contributed by atoms with Crippen LogP contribution in [0.2, 0.25) is 0 Å². The first kappa shape index (κ1) is 20.4. The maximum absolute atomic E-state index is 12.5. The van der Waals surface area contributed by atoms with Crippen LogP contribution in [0.15, 0.2) is 47.4 Å². The predicted molar refractivity (Wildman–Crippen MR) is 102 cm³/mol. The Morgan fingerprint density at radius 3 is 2.26 bits per heavy atom. The van der Waals surface area contributed by atoms with E-state index in [4.69, 9.17) is 5.11 Å². The van der Waals surface area contributed by atoms with Gasteiger partial charge in [0.05, 0.1) is 4.90 Å². The van der Waals surface area contributed by atoms with Crippen LogP contribution in [0.1, 0.15) is 34.3 Å². The molecule has 3 N–H and O–H groups in total. The third-order valence-corrected chi connectivity index (χ3v) is 5.42. The van der Waals surface area contributed by atoms with E-state index in [1.165, 1.54) is 24.3 Å². The first-order chi connectivity index (χ1) is 12.7. The van der Waals surface area contributed by atoms with Crippen LogP contribution in [0.3, 0.4) is 0 Å². The molecule has 7 nitrogen and oxygen atoms in total. The zero-order valence-corrected chi connectivity index (χ0v) is 16.0. The van der Waals surface area contributed by atoms with Gasteiger partial charge in [0.2, 0.25) is 0 Å². The Morgan fingerprint density at radius 1 is 1.00 bits per heavy atom. The molecule has 2 aromatic carbocycles. The Kier molecular flexibility index (Phi) is 6.57. The van der Waals surface area contributed by atoms with Crippen LogP contribution in [0.25, 0.3) is 0 Å². The number of rotatable bonds is 8. The Hall–Kier alpha value is -2.87. The van der Waals surface area contributed by atoms with E-state index in [1.807, 2.05) is 13.8 Å². The van der Waals surface area contributed by atoms with Crippen LogP contribution < -0.4 is 10.0 Å². The molecule has 0 spiro atoms. The first-order valence-corrected chi connectivity index (χ1v) is 9.87. The Morgan fingerprint density at radius 2 is 1.67 bits per heavy atom. The number of aliphatic carboxylic acids is 1. The van der Waals surface area contributed by atoms with Crippen molar-refractivity contribution >= 4 is 27.6 Å². The fourth-order valence-electron chi connectivity index (χ4n) is 2.33. The molecular weight excluding hydrogens is 368 g/mol. The number of amides is 1. The Bertz CT molecular complexity index is 937. The fourth-order valence-corrected chi connectivity index (χ4v) is 3.47. The van der Waals surface area contributed by atoms with Crippen molar-refractivity contribution < 1.29 is 23.1 Å². The molecule has 144 valence electrons. The lowest BCUT2D eigenvalue weighted by atomic mass is 10.1. The fraction of sp³-hybridized carbons (Fsp3) is 0.263. The van der Waals surface area contributed by atoms with E-state index in [9.17, 15) is 18.0 Å². The van der Waals surface area contributed by atoms with Crippen LogP contribution in [0.5, 0.6) is 0 Å². The molecule has 0 aromatic heterocycles. The van der Waals surface area contributed by atoms with Crippen molar-refractivity contribution in [3.05, 3.63) is 59.2 Å². The first-order valence-electron chi connectivity index (χ1n) is 8.39. The van der Waals surface area contributed by atoms with Gasteiger partial charge in [0, 0.05) is 24.2 Å². The number of carbonyl (C=O) groups is 2. The van der Waals surface area contributed by atoms with Gasteiger partial charge in [-0.15, -0.1) is 0 Å². The molecular formula is C19H22N2O5S. The maximum atomic E-state index is 12.5. The molecule has 0 radical (unpaired) electrons. The molecule has 1 amide bonds. The zero-order valence-electron chi connectivity index (χ0n) is 15.2. The van der Waals surface area contributed by atoms with Gasteiger partial charge in [0.1, 0.15) is 0 Å². The van der Waals surface area contributed by atoms with Crippen LogP contribution in [-0.4, -0.2) is 31.9 Å². The van der Waals surface area contributed by atoms with Crippen molar-refractivity contribution in [2.24, 2.45) is 0 Å². The third-order valence-electron chi connectivity index (χ3n) is 4.04. The van der Waals surface area contributed by atoms with Crippen molar-refractivity contribution in [2.45, 2.75) is 31.6 Å². The second-order valence-corrected chi connectivity index (χ2v) is 7.86. The number of hydrogen-bond donors (Lipinski definition) is 3. The van der Waals surface area contributed by atoms with Gasteiger partial charge < -0.3 is 10.4 Å². The number of carboxylic acids is 1. The summed E-state index contributed by atoms with van der Waals surface area (Å²) in [7, 11) is -3.72. The summed E-state index contributed by atoms with van der Waals surface area (Å²) in [5.74, 6) is -1.26. The summed E-state index contributed by atoms with van der Waals surface area (Å²) in [6.07, 6.45) is 0.328. The highest BCUT2D eigenvalue weighted by Crippen LogP contribution is 2.19. The normalized spacial score (nSPS) is 11.0. The number of benzene rings is 2. The zero-order chi connectivity index (χ0) is 20.0. The summed E-state index contributed by atoms with van der Waals surface area (Å²) in [6.45, 7) is 4.01. The van der Waals surface area contributed by atoms with Gasteiger partial charge in [-0.1, -0.05) is 6.07 Å². The SMILES string of the molecule is Cc1ccc(S(=O)(=O)Nc2ccc(C(=O)NCCCC(=O)O)cc2)cc1C. The van der Waals surface area contributed by atoms with Crippen molar-refractivity contribution in [3.63, 3.8) is 0 Å². The largest absolute Gasteiger partial charge is 0.481 e.